The van der Waals surface area contributed by atoms with Gasteiger partial charge in [0.05, 0.1) is 12.3 Å². The Kier molecular flexibility index (Phi) is 4.96. The Bertz CT molecular complexity index is 303. The molecule has 0 bridgehead atoms. The van der Waals surface area contributed by atoms with E-state index in [4.69, 9.17) is 9.26 Å². The molecule has 1 aromatic heterocycles. The van der Waals surface area contributed by atoms with Gasteiger partial charge in [0.1, 0.15) is 5.76 Å². The number of aromatic nitrogens is 1. The zero-order valence-corrected chi connectivity index (χ0v) is 10.8. The molecule has 0 saturated heterocycles. The minimum atomic E-state index is 0.288. The van der Waals surface area contributed by atoms with Crippen molar-refractivity contribution in [2.24, 2.45) is 0 Å². The SMILES string of the molecule is CCC(NC(C)COC)c1c(C)noc1C. The second kappa shape index (κ2) is 6.01. The second-order valence-electron chi connectivity index (χ2n) is 4.22. The summed E-state index contributed by atoms with van der Waals surface area (Å²) in [6, 6.07) is 0.611. The van der Waals surface area contributed by atoms with Gasteiger partial charge in [-0.1, -0.05) is 12.1 Å². The van der Waals surface area contributed by atoms with Gasteiger partial charge in [-0.25, -0.2) is 0 Å². The summed E-state index contributed by atoms with van der Waals surface area (Å²) >= 11 is 0. The van der Waals surface area contributed by atoms with E-state index in [-0.39, 0.29) is 6.04 Å². The highest BCUT2D eigenvalue weighted by Crippen LogP contribution is 2.24. The van der Waals surface area contributed by atoms with Crippen LogP contribution in [-0.2, 0) is 4.74 Å². The van der Waals surface area contributed by atoms with E-state index < -0.39 is 0 Å². The summed E-state index contributed by atoms with van der Waals surface area (Å²) in [4.78, 5) is 0. The van der Waals surface area contributed by atoms with Gasteiger partial charge in [0.15, 0.2) is 0 Å². The van der Waals surface area contributed by atoms with Gasteiger partial charge in [0.25, 0.3) is 0 Å². The summed E-state index contributed by atoms with van der Waals surface area (Å²) in [6.45, 7) is 8.92. The molecule has 0 aliphatic heterocycles. The van der Waals surface area contributed by atoms with Crippen molar-refractivity contribution in [3.8, 4) is 0 Å². The van der Waals surface area contributed by atoms with Gasteiger partial charge in [0.2, 0.25) is 0 Å². The Morgan fingerprint density at radius 2 is 2.12 bits per heavy atom. The summed E-state index contributed by atoms with van der Waals surface area (Å²) < 4.78 is 10.3. The van der Waals surface area contributed by atoms with Crippen LogP contribution >= 0.6 is 0 Å². The van der Waals surface area contributed by atoms with E-state index in [1.807, 2.05) is 13.8 Å². The molecule has 1 N–H and O–H groups in total. The van der Waals surface area contributed by atoms with Crippen molar-refractivity contribution in [1.29, 1.82) is 0 Å². The smallest absolute Gasteiger partial charge is 0.138 e. The first-order chi connectivity index (χ1) is 7.60. The summed E-state index contributed by atoms with van der Waals surface area (Å²) in [5.74, 6) is 0.904. The summed E-state index contributed by atoms with van der Waals surface area (Å²) in [6.07, 6.45) is 1.01. The number of nitrogens with zero attached hydrogens (tertiary/aromatic N) is 1. The summed E-state index contributed by atoms with van der Waals surface area (Å²) in [5.41, 5.74) is 2.16. The fourth-order valence-corrected chi connectivity index (χ4v) is 2.03. The zero-order valence-electron chi connectivity index (χ0n) is 10.8. The molecule has 4 heteroatoms. The van der Waals surface area contributed by atoms with Crippen molar-refractivity contribution in [3.05, 3.63) is 17.0 Å². The summed E-state index contributed by atoms with van der Waals surface area (Å²) in [7, 11) is 1.72. The molecule has 4 nitrogen and oxygen atoms in total. The lowest BCUT2D eigenvalue weighted by atomic mass is 10.0. The Hall–Kier alpha value is -0.870. The first kappa shape index (κ1) is 13.2. The van der Waals surface area contributed by atoms with E-state index in [9.17, 15) is 0 Å². The average Bonchev–Trinajstić information content (AvgIpc) is 2.56. The van der Waals surface area contributed by atoms with Crippen LogP contribution in [0.3, 0.4) is 0 Å². The van der Waals surface area contributed by atoms with E-state index in [1.165, 1.54) is 5.56 Å². The number of hydrogen-bond donors (Lipinski definition) is 1. The molecular weight excluding hydrogens is 204 g/mol. The molecule has 16 heavy (non-hydrogen) atoms. The minimum absolute atomic E-state index is 0.288. The van der Waals surface area contributed by atoms with Crippen molar-refractivity contribution in [2.75, 3.05) is 13.7 Å². The van der Waals surface area contributed by atoms with Crippen LogP contribution in [0.5, 0.6) is 0 Å². The first-order valence-corrected chi connectivity index (χ1v) is 5.77. The molecule has 92 valence electrons. The zero-order chi connectivity index (χ0) is 12.1. The number of aryl methyl sites for hydroxylation is 2. The third-order valence-electron chi connectivity index (χ3n) is 2.75. The molecule has 0 radical (unpaired) electrons. The van der Waals surface area contributed by atoms with Crippen molar-refractivity contribution < 1.29 is 9.26 Å². The molecule has 0 amide bonds. The highest BCUT2D eigenvalue weighted by Gasteiger charge is 2.20. The van der Waals surface area contributed by atoms with Crippen molar-refractivity contribution >= 4 is 0 Å². The predicted molar refractivity (Wildman–Crippen MR) is 63.5 cm³/mol. The second-order valence-corrected chi connectivity index (χ2v) is 4.22. The van der Waals surface area contributed by atoms with Crippen LogP contribution in [0, 0.1) is 13.8 Å². The Labute approximate surface area is 97.3 Å². The number of ether oxygens (including phenoxy) is 1. The molecule has 1 aromatic rings. The van der Waals surface area contributed by atoms with Gasteiger partial charge in [0, 0.05) is 24.8 Å². The fraction of sp³-hybridized carbons (Fsp3) is 0.750. The maximum atomic E-state index is 5.20. The van der Waals surface area contributed by atoms with E-state index in [0.29, 0.717) is 12.6 Å². The molecule has 0 aromatic carbocycles. The van der Waals surface area contributed by atoms with Crippen molar-refractivity contribution in [1.82, 2.24) is 10.5 Å². The lowest BCUT2D eigenvalue weighted by Crippen LogP contribution is -2.34. The van der Waals surface area contributed by atoms with Gasteiger partial charge >= 0.3 is 0 Å². The van der Waals surface area contributed by atoms with Crippen LogP contribution in [-0.4, -0.2) is 24.9 Å². The topological polar surface area (TPSA) is 47.3 Å². The minimum Gasteiger partial charge on any atom is -0.383 e. The Balaban J connectivity index is 2.74. The highest BCUT2D eigenvalue weighted by atomic mass is 16.5. The van der Waals surface area contributed by atoms with Gasteiger partial charge in [-0.05, 0) is 27.2 Å². The molecule has 2 atom stereocenters. The molecule has 0 aliphatic carbocycles. The van der Waals surface area contributed by atoms with E-state index in [1.54, 1.807) is 7.11 Å². The van der Waals surface area contributed by atoms with E-state index in [0.717, 1.165) is 17.9 Å². The summed E-state index contributed by atoms with van der Waals surface area (Å²) in [5, 5.41) is 7.52. The molecular formula is C12H22N2O2. The standard InChI is InChI=1S/C12H22N2O2/c1-6-11(13-8(2)7-15-5)12-9(3)14-16-10(12)4/h8,11,13H,6-7H2,1-5H3. The Morgan fingerprint density at radius 1 is 1.44 bits per heavy atom. The Morgan fingerprint density at radius 3 is 2.56 bits per heavy atom. The molecule has 1 rings (SSSR count). The maximum absolute atomic E-state index is 5.20. The van der Waals surface area contributed by atoms with Crippen LogP contribution in [0.15, 0.2) is 4.52 Å². The first-order valence-electron chi connectivity index (χ1n) is 5.77. The van der Waals surface area contributed by atoms with Gasteiger partial charge in [-0.15, -0.1) is 0 Å². The van der Waals surface area contributed by atoms with Crippen molar-refractivity contribution in [3.63, 3.8) is 0 Å². The largest absolute Gasteiger partial charge is 0.383 e. The lowest BCUT2D eigenvalue weighted by molar-refractivity contribution is 0.166. The molecule has 0 spiro atoms. The highest BCUT2D eigenvalue weighted by molar-refractivity contribution is 5.25. The average molecular weight is 226 g/mol. The van der Waals surface area contributed by atoms with Crippen LogP contribution in [0.2, 0.25) is 0 Å². The number of methoxy groups -OCH3 is 1. The molecule has 0 aliphatic rings. The van der Waals surface area contributed by atoms with Crippen LogP contribution in [0.4, 0.5) is 0 Å². The number of nitrogens with one attached hydrogen (secondary N) is 1. The third-order valence-corrected chi connectivity index (χ3v) is 2.75. The third kappa shape index (κ3) is 3.06. The fourth-order valence-electron chi connectivity index (χ4n) is 2.03. The maximum Gasteiger partial charge on any atom is 0.138 e. The predicted octanol–water partition coefficient (Wildman–Crippen LogP) is 2.37. The van der Waals surface area contributed by atoms with Gasteiger partial charge < -0.3 is 14.6 Å². The molecule has 0 fully saturated rings. The molecule has 2 unspecified atom stereocenters. The quantitative estimate of drug-likeness (QED) is 0.809. The monoisotopic (exact) mass is 226 g/mol. The van der Waals surface area contributed by atoms with Crippen LogP contribution in [0.1, 0.15) is 43.3 Å². The van der Waals surface area contributed by atoms with E-state index >= 15 is 0 Å². The molecule has 1 heterocycles. The van der Waals surface area contributed by atoms with Gasteiger partial charge in [-0.2, -0.15) is 0 Å². The molecule has 0 saturated carbocycles. The van der Waals surface area contributed by atoms with Crippen molar-refractivity contribution in [2.45, 2.75) is 46.2 Å². The normalized spacial score (nSPS) is 15.1. The van der Waals surface area contributed by atoms with Crippen LogP contribution in [0.25, 0.3) is 0 Å². The number of hydrogen-bond acceptors (Lipinski definition) is 4. The number of rotatable bonds is 6. The van der Waals surface area contributed by atoms with Crippen LogP contribution < -0.4 is 5.32 Å². The van der Waals surface area contributed by atoms with Gasteiger partial charge in [-0.3, -0.25) is 0 Å². The van der Waals surface area contributed by atoms with E-state index in [2.05, 4.69) is 24.3 Å². The lowest BCUT2D eigenvalue weighted by Gasteiger charge is -2.21.